The smallest absolute Gasteiger partial charge is 0.247 e. The Hall–Kier alpha value is -1.37. The predicted molar refractivity (Wildman–Crippen MR) is 110 cm³/mol. The van der Waals surface area contributed by atoms with Gasteiger partial charge in [-0.1, -0.05) is 6.92 Å². The van der Waals surface area contributed by atoms with E-state index in [4.69, 9.17) is 4.74 Å². The Labute approximate surface area is 172 Å². The summed E-state index contributed by atoms with van der Waals surface area (Å²) in [6.45, 7) is 2.03. The maximum Gasteiger partial charge on any atom is 0.247 e. The minimum absolute atomic E-state index is 0.0160. The van der Waals surface area contributed by atoms with Gasteiger partial charge in [0.05, 0.1) is 30.1 Å². The molecule has 2 aliphatic heterocycles. The summed E-state index contributed by atoms with van der Waals surface area (Å²) in [7, 11) is -9.55. The molecule has 2 saturated heterocycles. The Bertz CT molecular complexity index is 1080. The van der Waals surface area contributed by atoms with Crippen molar-refractivity contribution in [1.82, 2.24) is 4.31 Å². The van der Waals surface area contributed by atoms with E-state index in [1.54, 1.807) is 6.92 Å². The van der Waals surface area contributed by atoms with Gasteiger partial charge in [0.2, 0.25) is 20.0 Å². The van der Waals surface area contributed by atoms with E-state index >= 15 is 0 Å². The van der Waals surface area contributed by atoms with Gasteiger partial charge in [0.25, 0.3) is 0 Å². The van der Waals surface area contributed by atoms with Crippen molar-refractivity contribution in [2.75, 3.05) is 41.8 Å². The summed E-state index contributed by atoms with van der Waals surface area (Å²) in [4.78, 5) is -0.163. The van der Waals surface area contributed by atoms with Gasteiger partial charge in [0.1, 0.15) is 10.6 Å². The standard InChI is InChI=1S/C17H26N2O7S3/c1-3-18(15-8-11-27(20,21)13-15)29(24,25)17-12-14(6-7-16(17)26-2)19-9-4-5-10-28(19,22)23/h6-7,12,15H,3-5,8-11,13H2,1-2H3. The van der Waals surface area contributed by atoms with Crippen LogP contribution < -0.4 is 9.04 Å². The van der Waals surface area contributed by atoms with Crippen LogP contribution in [0.2, 0.25) is 0 Å². The largest absolute Gasteiger partial charge is 0.495 e. The van der Waals surface area contributed by atoms with Crippen LogP contribution in [0.25, 0.3) is 0 Å². The summed E-state index contributed by atoms with van der Waals surface area (Å²) in [5.74, 6) is -0.167. The molecule has 12 heteroatoms. The SMILES string of the molecule is CCN(C1CCS(=O)(=O)C1)S(=O)(=O)c1cc(N2CCCCS2(=O)=O)ccc1OC. The third-order valence-electron chi connectivity index (χ3n) is 5.30. The van der Waals surface area contributed by atoms with Crippen LogP contribution in [0.4, 0.5) is 5.69 Å². The molecule has 2 aliphatic rings. The average molecular weight is 467 g/mol. The number of anilines is 1. The first-order valence-corrected chi connectivity index (χ1v) is 14.3. The highest BCUT2D eigenvalue weighted by molar-refractivity contribution is 7.93. The van der Waals surface area contributed by atoms with Crippen molar-refractivity contribution in [1.29, 1.82) is 0 Å². The Balaban J connectivity index is 2.05. The molecule has 1 unspecified atom stereocenters. The van der Waals surface area contributed by atoms with E-state index in [0.717, 1.165) is 0 Å². The van der Waals surface area contributed by atoms with Gasteiger partial charge in [-0.2, -0.15) is 4.31 Å². The molecule has 0 aliphatic carbocycles. The molecular formula is C17H26N2O7S3. The molecular weight excluding hydrogens is 440 g/mol. The molecule has 9 nitrogen and oxygen atoms in total. The highest BCUT2D eigenvalue weighted by Gasteiger charge is 2.39. The summed E-state index contributed by atoms with van der Waals surface area (Å²) in [6, 6.07) is 3.62. The third kappa shape index (κ3) is 4.39. The quantitative estimate of drug-likeness (QED) is 0.609. The van der Waals surface area contributed by atoms with Crippen molar-refractivity contribution < 1.29 is 30.0 Å². The second-order valence-corrected chi connectivity index (χ2v) is 13.3. The molecule has 0 amide bonds. The van der Waals surface area contributed by atoms with Crippen molar-refractivity contribution in [2.45, 2.75) is 37.1 Å². The van der Waals surface area contributed by atoms with Crippen molar-refractivity contribution in [3.05, 3.63) is 18.2 Å². The van der Waals surface area contributed by atoms with E-state index < -0.39 is 35.9 Å². The zero-order valence-corrected chi connectivity index (χ0v) is 18.9. The number of methoxy groups -OCH3 is 1. The molecule has 1 aromatic carbocycles. The van der Waals surface area contributed by atoms with Gasteiger partial charge in [-0.25, -0.2) is 25.3 Å². The number of nitrogens with zero attached hydrogens (tertiary/aromatic N) is 2. The Morgan fingerprint density at radius 2 is 1.90 bits per heavy atom. The Kier molecular flexibility index (Phi) is 6.19. The molecule has 0 radical (unpaired) electrons. The van der Waals surface area contributed by atoms with Gasteiger partial charge in [0.15, 0.2) is 9.84 Å². The molecule has 3 rings (SSSR count). The lowest BCUT2D eigenvalue weighted by molar-refractivity contribution is 0.349. The maximum atomic E-state index is 13.4. The van der Waals surface area contributed by atoms with Crippen LogP contribution in [0.1, 0.15) is 26.2 Å². The van der Waals surface area contributed by atoms with Crippen molar-refractivity contribution in [3.8, 4) is 5.75 Å². The summed E-state index contributed by atoms with van der Waals surface area (Å²) in [5.41, 5.74) is 0.263. The summed E-state index contributed by atoms with van der Waals surface area (Å²) in [6.07, 6.45) is 1.49. The molecule has 164 valence electrons. The second-order valence-electron chi connectivity index (χ2n) is 7.20. The van der Waals surface area contributed by atoms with Crippen LogP contribution in [0.3, 0.4) is 0 Å². The number of benzene rings is 1. The van der Waals surface area contributed by atoms with Gasteiger partial charge >= 0.3 is 0 Å². The second kappa shape index (κ2) is 8.05. The van der Waals surface area contributed by atoms with Crippen molar-refractivity contribution >= 4 is 35.6 Å². The van der Waals surface area contributed by atoms with Crippen LogP contribution in [-0.4, -0.2) is 73.1 Å². The summed E-state index contributed by atoms with van der Waals surface area (Å²) in [5, 5.41) is 0. The fourth-order valence-corrected chi connectivity index (χ4v) is 9.15. The van der Waals surface area contributed by atoms with Crippen molar-refractivity contribution in [2.24, 2.45) is 0 Å². The number of hydrogen-bond donors (Lipinski definition) is 0. The number of ether oxygens (including phenoxy) is 1. The lowest BCUT2D eigenvalue weighted by atomic mass is 10.2. The molecule has 2 fully saturated rings. The van der Waals surface area contributed by atoms with E-state index in [0.29, 0.717) is 12.8 Å². The molecule has 29 heavy (non-hydrogen) atoms. The lowest BCUT2D eigenvalue weighted by Crippen LogP contribution is -2.41. The van der Waals surface area contributed by atoms with Crippen LogP contribution >= 0.6 is 0 Å². The molecule has 0 spiro atoms. The minimum Gasteiger partial charge on any atom is -0.495 e. The van der Waals surface area contributed by atoms with Crippen LogP contribution in [-0.2, 0) is 29.9 Å². The monoisotopic (exact) mass is 466 g/mol. The zero-order chi connectivity index (χ0) is 21.4. The first kappa shape index (κ1) is 22.3. The van der Waals surface area contributed by atoms with E-state index in [9.17, 15) is 25.3 Å². The molecule has 0 bridgehead atoms. The van der Waals surface area contributed by atoms with E-state index in [-0.39, 0.29) is 53.1 Å². The highest BCUT2D eigenvalue weighted by Crippen LogP contribution is 2.35. The van der Waals surface area contributed by atoms with Gasteiger partial charge in [-0.3, -0.25) is 4.31 Å². The topological polar surface area (TPSA) is 118 Å². The van der Waals surface area contributed by atoms with Crippen LogP contribution in [0.15, 0.2) is 23.1 Å². The van der Waals surface area contributed by atoms with Crippen LogP contribution in [0.5, 0.6) is 5.75 Å². The zero-order valence-electron chi connectivity index (χ0n) is 16.4. The predicted octanol–water partition coefficient (Wildman–Crippen LogP) is 0.823. The van der Waals surface area contributed by atoms with Gasteiger partial charge < -0.3 is 4.74 Å². The average Bonchev–Trinajstić information content (AvgIpc) is 3.00. The normalized spacial score (nSPS) is 24.0. The number of sulfonamides is 2. The Morgan fingerprint density at radius 1 is 1.17 bits per heavy atom. The van der Waals surface area contributed by atoms with E-state index in [1.165, 1.54) is 33.9 Å². The fraction of sp³-hybridized carbons (Fsp3) is 0.647. The first-order chi connectivity index (χ1) is 13.5. The highest BCUT2D eigenvalue weighted by atomic mass is 32.2. The molecule has 2 heterocycles. The minimum atomic E-state index is -4.10. The molecule has 1 aromatic rings. The number of rotatable bonds is 6. The first-order valence-electron chi connectivity index (χ1n) is 9.42. The maximum absolute atomic E-state index is 13.4. The lowest BCUT2D eigenvalue weighted by Gasteiger charge is -2.30. The summed E-state index contributed by atoms with van der Waals surface area (Å²) >= 11 is 0. The fourth-order valence-electron chi connectivity index (χ4n) is 3.85. The van der Waals surface area contributed by atoms with Crippen molar-refractivity contribution in [3.63, 3.8) is 0 Å². The number of hydrogen-bond acceptors (Lipinski definition) is 7. The molecule has 0 aromatic heterocycles. The van der Waals surface area contributed by atoms with Gasteiger partial charge in [-0.15, -0.1) is 0 Å². The van der Waals surface area contributed by atoms with E-state index in [2.05, 4.69) is 0 Å². The molecule has 0 saturated carbocycles. The van der Waals surface area contributed by atoms with Crippen LogP contribution in [0, 0.1) is 0 Å². The third-order valence-corrected chi connectivity index (χ3v) is 11.0. The van der Waals surface area contributed by atoms with E-state index in [1.807, 2.05) is 0 Å². The Morgan fingerprint density at radius 3 is 2.45 bits per heavy atom. The molecule has 1 atom stereocenters. The van der Waals surface area contributed by atoms with Gasteiger partial charge in [-0.05, 0) is 37.5 Å². The molecule has 0 N–H and O–H groups in total. The number of sulfone groups is 1. The van der Waals surface area contributed by atoms with Gasteiger partial charge in [0, 0.05) is 19.1 Å². The summed E-state index contributed by atoms with van der Waals surface area (Å²) < 4.78 is 83.1.